The molecule has 0 radical (unpaired) electrons. The summed E-state index contributed by atoms with van der Waals surface area (Å²) >= 11 is 0. The molecule has 0 spiro atoms. The molecule has 2 aliphatic heterocycles. The third kappa shape index (κ3) is 4.00. The van der Waals surface area contributed by atoms with E-state index in [1.807, 2.05) is 37.4 Å². The minimum Gasteiger partial charge on any atom is -0.342 e. The van der Waals surface area contributed by atoms with Gasteiger partial charge in [0.1, 0.15) is 11.5 Å². The Morgan fingerprint density at radius 1 is 1.17 bits per heavy atom. The van der Waals surface area contributed by atoms with Gasteiger partial charge in [-0.1, -0.05) is 18.2 Å². The van der Waals surface area contributed by atoms with Crippen molar-refractivity contribution >= 4 is 17.4 Å². The number of nitrogens with one attached hydrogen (secondary N) is 1. The van der Waals surface area contributed by atoms with Crippen LogP contribution in [-0.4, -0.2) is 47.7 Å². The van der Waals surface area contributed by atoms with E-state index in [1.54, 1.807) is 12.4 Å². The largest absolute Gasteiger partial charge is 0.342 e. The molecule has 35 heavy (non-hydrogen) atoms. The standard InChI is InChI=1S/C26H28N8O.H2/c1-17-6-7-22-31-32-23(34(17)22)18-5-3-9-26(2,14-18)30-24(35)21-13-20-16-33(12-8-19(20)15-29-21)25-27-10-4-11-28-25;/h3-5,9-11,13,15,17H,6-8,12,14,16H2,1-2H3,(H,30,35);1H/t17-,26?;/m1./s1. The van der Waals surface area contributed by atoms with Gasteiger partial charge in [-0.25, -0.2) is 9.97 Å². The van der Waals surface area contributed by atoms with Gasteiger partial charge in [-0.05, 0) is 55.5 Å². The molecule has 6 rings (SSSR count). The normalized spacial score (nSPS) is 23.0. The SMILES string of the molecule is C[C@@H]1CCc2nnc(C3=CC=CC(C)(NC(=O)c4cc5c(cn4)CCN(c4ncccn4)C5)C3)n21.[HH]. The van der Waals surface area contributed by atoms with Crippen LogP contribution in [0.25, 0.3) is 5.57 Å². The summed E-state index contributed by atoms with van der Waals surface area (Å²) < 4.78 is 2.24. The molecular formula is C26H30N8O. The quantitative estimate of drug-likeness (QED) is 0.624. The number of nitrogens with zero attached hydrogens (tertiary/aromatic N) is 7. The summed E-state index contributed by atoms with van der Waals surface area (Å²) in [5.41, 5.74) is 3.21. The van der Waals surface area contributed by atoms with Crippen LogP contribution in [0.1, 0.15) is 67.4 Å². The number of aromatic nitrogens is 6. The minimum absolute atomic E-state index is 0. The van der Waals surface area contributed by atoms with E-state index in [-0.39, 0.29) is 7.33 Å². The maximum Gasteiger partial charge on any atom is 0.270 e. The van der Waals surface area contributed by atoms with Crippen LogP contribution >= 0.6 is 0 Å². The Morgan fingerprint density at radius 3 is 2.89 bits per heavy atom. The number of anilines is 1. The predicted octanol–water partition coefficient (Wildman–Crippen LogP) is 3.31. The number of carbonyl (C=O) groups excluding carboxylic acids is 1. The van der Waals surface area contributed by atoms with Crippen molar-refractivity contribution in [2.75, 3.05) is 11.4 Å². The van der Waals surface area contributed by atoms with Crippen LogP contribution in [-0.2, 0) is 19.4 Å². The zero-order chi connectivity index (χ0) is 24.0. The van der Waals surface area contributed by atoms with Crippen molar-refractivity contribution in [3.05, 3.63) is 77.4 Å². The molecule has 0 aromatic carbocycles. The Balaban J connectivity index is 0.00000267. The highest BCUT2D eigenvalue weighted by atomic mass is 16.2. The second kappa shape index (κ2) is 8.41. The van der Waals surface area contributed by atoms with E-state index in [2.05, 4.69) is 52.9 Å². The van der Waals surface area contributed by atoms with Crippen LogP contribution in [0, 0.1) is 0 Å². The first-order valence-electron chi connectivity index (χ1n) is 12.1. The smallest absolute Gasteiger partial charge is 0.270 e. The Bertz CT molecular complexity index is 1350. The first kappa shape index (κ1) is 21.6. The van der Waals surface area contributed by atoms with Gasteiger partial charge in [0.15, 0.2) is 5.82 Å². The van der Waals surface area contributed by atoms with E-state index in [0.717, 1.165) is 54.2 Å². The molecule has 5 heterocycles. The average molecular weight is 471 g/mol. The van der Waals surface area contributed by atoms with E-state index in [1.165, 1.54) is 0 Å². The Morgan fingerprint density at radius 2 is 2.03 bits per heavy atom. The molecule has 2 atom stereocenters. The topological polar surface area (TPSA) is 102 Å². The number of hydrogen-bond acceptors (Lipinski definition) is 7. The van der Waals surface area contributed by atoms with Crippen molar-refractivity contribution < 1.29 is 6.22 Å². The van der Waals surface area contributed by atoms with E-state index in [4.69, 9.17) is 0 Å². The number of carbonyl (C=O) groups is 1. The highest BCUT2D eigenvalue weighted by Crippen LogP contribution is 2.34. The van der Waals surface area contributed by atoms with Gasteiger partial charge in [-0.2, -0.15) is 0 Å². The van der Waals surface area contributed by atoms with Crippen molar-refractivity contribution in [3.8, 4) is 0 Å². The molecule has 0 bridgehead atoms. The van der Waals surface area contributed by atoms with Crippen LogP contribution < -0.4 is 10.2 Å². The fourth-order valence-corrected chi connectivity index (χ4v) is 5.28. The fraction of sp³-hybridized carbons (Fsp3) is 0.385. The third-order valence-electron chi connectivity index (χ3n) is 7.16. The first-order chi connectivity index (χ1) is 17.0. The van der Waals surface area contributed by atoms with Crippen molar-refractivity contribution in [3.63, 3.8) is 0 Å². The minimum atomic E-state index is -0.545. The van der Waals surface area contributed by atoms with Gasteiger partial charge in [0, 0.05) is 52.0 Å². The fourth-order valence-electron chi connectivity index (χ4n) is 5.28. The van der Waals surface area contributed by atoms with Gasteiger partial charge in [-0.3, -0.25) is 9.78 Å². The van der Waals surface area contributed by atoms with Gasteiger partial charge < -0.3 is 14.8 Å². The lowest BCUT2D eigenvalue weighted by Crippen LogP contribution is -2.45. The Hall–Kier alpha value is -3.88. The lowest BCUT2D eigenvalue weighted by atomic mass is 9.87. The lowest BCUT2D eigenvalue weighted by molar-refractivity contribution is 0.0918. The molecule has 0 saturated heterocycles. The van der Waals surface area contributed by atoms with Gasteiger partial charge in [-0.15, -0.1) is 10.2 Å². The molecule has 1 aliphatic carbocycles. The van der Waals surface area contributed by atoms with Crippen molar-refractivity contribution in [2.24, 2.45) is 0 Å². The molecule has 0 saturated carbocycles. The second-order valence-electron chi connectivity index (χ2n) is 9.86. The van der Waals surface area contributed by atoms with Crippen LogP contribution in [0.3, 0.4) is 0 Å². The molecule has 3 aromatic heterocycles. The maximum absolute atomic E-state index is 13.3. The predicted molar refractivity (Wildman–Crippen MR) is 134 cm³/mol. The summed E-state index contributed by atoms with van der Waals surface area (Å²) in [6, 6.07) is 4.11. The zero-order valence-corrected chi connectivity index (χ0v) is 20.0. The zero-order valence-electron chi connectivity index (χ0n) is 20.0. The second-order valence-corrected chi connectivity index (χ2v) is 9.86. The van der Waals surface area contributed by atoms with E-state index >= 15 is 0 Å². The van der Waals surface area contributed by atoms with Crippen molar-refractivity contribution in [1.82, 2.24) is 35.0 Å². The number of amides is 1. The number of rotatable bonds is 4. The Kier molecular flexibility index (Phi) is 5.20. The lowest BCUT2D eigenvalue weighted by Gasteiger charge is -2.31. The summed E-state index contributed by atoms with van der Waals surface area (Å²) in [6.07, 6.45) is 15.0. The Labute approximate surface area is 205 Å². The molecule has 1 N–H and O–H groups in total. The van der Waals surface area contributed by atoms with Gasteiger partial charge in [0.2, 0.25) is 5.95 Å². The number of pyridine rings is 1. The maximum atomic E-state index is 13.3. The van der Waals surface area contributed by atoms with Gasteiger partial charge >= 0.3 is 0 Å². The highest BCUT2D eigenvalue weighted by Gasteiger charge is 2.32. The van der Waals surface area contributed by atoms with E-state index in [0.29, 0.717) is 30.6 Å². The molecule has 0 fully saturated rings. The van der Waals surface area contributed by atoms with Crippen LogP contribution in [0.5, 0.6) is 0 Å². The van der Waals surface area contributed by atoms with Crippen LogP contribution in [0.2, 0.25) is 0 Å². The summed E-state index contributed by atoms with van der Waals surface area (Å²) in [5, 5.41) is 12.1. The number of aryl methyl sites for hydroxylation is 1. The summed E-state index contributed by atoms with van der Waals surface area (Å²) in [5.74, 6) is 2.47. The van der Waals surface area contributed by atoms with Crippen molar-refractivity contribution in [2.45, 2.75) is 57.7 Å². The number of fused-ring (bicyclic) bond motifs is 2. The molecule has 3 aliphatic rings. The third-order valence-corrected chi connectivity index (χ3v) is 7.16. The molecular weight excluding hydrogens is 440 g/mol. The van der Waals surface area contributed by atoms with Crippen molar-refractivity contribution in [1.29, 1.82) is 0 Å². The average Bonchev–Trinajstić information content (AvgIpc) is 3.46. The summed E-state index contributed by atoms with van der Waals surface area (Å²) in [7, 11) is 0. The highest BCUT2D eigenvalue weighted by molar-refractivity contribution is 5.93. The monoisotopic (exact) mass is 470 g/mol. The number of allylic oxidation sites excluding steroid dienone is 2. The van der Waals surface area contributed by atoms with E-state index < -0.39 is 5.54 Å². The summed E-state index contributed by atoms with van der Waals surface area (Å²) in [4.78, 5) is 28.6. The molecule has 180 valence electrons. The number of hydrogen-bond donors (Lipinski definition) is 1. The molecule has 9 nitrogen and oxygen atoms in total. The van der Waals surface area contributed by atoms with Gasteiger partial charge in [0.25, 0.3) is 5.91 Å². The van der Waals surface area contributed by atoms with Gasteiger partial charge in [0.05, 0.1) is 5.54 Å². The van der Waals surface area contributed by atoms with E-state index in [9.17, 15) is 4.79 Å². The molecule has 9 heteroatoms. The molecule has 3 aromatic rings. The van der Waals surface area contributed by atoms with Crippen LogP contribution in [0.4, 0.5) is 5.95 Å². The first-order valence-corrected chi connectivity index (χ1v) is 12.1. The molecule has 1 unspecified atom stereocenters. The molecule has 1 amide bonds. The van der Waals surface area contributed by atoms with Crippen LogP contribution in [0.15, 0.2) is 49.0 Å². The summed E-state index contributed by atoms with van der Waals surface area (Å²) in [6.45, 7) is 5.72.